The number of hydrogen-bond acceptors (Lipinski definition) is 5. The van der Waals surface area contributed by atoms with Crippen molar-refractivity contribution in [1.82, 2.24) is 10.3 Å². The molecule has 4 nitrogen and oxygen atoms in total. The molecule has 0 aliphatic carbocycles. The molecule has 5 heteroatoms. The number of nitrogens with two attached hydrogens (primary N) is 1. The van der Waals surface area contributed by atoms with Gasteiger partial charge in [0.2, 0.25) is 0 Å². The zero-order chi connectivity index (χ0) is 11.8. The fourth-order valence-corrected chi connectivity index (χ4v) is 2.18. The second kappa shape index (κ2) is 7.73. The van der Waals surface area contributed by atoms with Gasteiger partial charge in [-0.1, -0.05) is 0 Å². The van der Waals surface area contributed by atoms with Crippen molar-refractivity contribution in [1.29, 1.82) is 0 Å². The molecule has 3 N–H and O–H groups in total. The number of rotatable bonds is 8. The zero-order valence-electron chi connectivity index (χ0n) is 10.0. The summed E-state index contributed by atoms with van der Waals surface area (Å²) in [4.78, 5) is 4.38. The van der Waals surface area contributed by atoms with Crippen LogP contribution in [0, 0.1) is 6.92 Å². The lowest BCUT2D eigenvalue weighted by molar-refractivity contribution is 0.190. The number of nitrogens with one attached hydrogen (secondary N) is 1. The molecule has 1 heterocycles. The quantitative estimate of drug-likeness (QED) is 0.676. The third-order valence-corrected chi connectivity index (χ3v) is 3.24. The molecule has 0 spiro atoms. The van der Waals surface area contributed by atoms with Gasteiger partial charge in [0.1, 0.15) is 5.01 Å². The highest BCUT2D eigenvalue weighted by atomic mass is 32.1. The molecule has 1 aromatic rings. The van der Waals surface area contributed by atoms with Crippen molar-refractivity contribution in [3.05, 3.63) is 16.1 Å². The van der Waals surface area contributed by atoms with Gasteiger partial charge >= 0.3 is 0 Å². The van der Waals surface area contributed by atoms with Crippen molar-refractivity contribution in [2.24, 2.45) is 5.73 Å². The molecule has 1 atom stereocenters. The smallest absolute Gasteiger partial charge is 0.107 e. The Morgan fingerprint density at radius 2 is 2.44 bits per heavy atom. The molecule has 0 aromatic carbocycles. The van der Waals surface area contributed by atoms with Gasteiger partial charge in [-0.2, -0.15) is 0 Å². The summed E-state index contributed by atoms with van der Waals surface area (Å²) in [5, 5.41) is 6.52. The monoisotopic (exact) mass is 243 g/mol. The minimum atomic E-state index is 0.205. The molecule has 0 saturated carbocycles. The SMILES string of the molecule is COCCCC(N)CNCc1nc(C)cs1. The Hall–Kier alpha value is -0.490. The summed E-state index contributed by atoms with van der Waals surface area (Å²) in [5.41, 5.74) is 7.04. The molecule has 1 rings (SSSR count). The van der Waals surface area contributed by atoms with E-state index >= 15 is 0 Å². The van der Waals surface area contributed by atoms with Gasteiger partial charge < -0.3 is 15.8 Å². The van der Waals surface area contributed by atoms with Crippen molar-refractivity contribution in [2.45, 2.75) is 32.4 Å². The zero-order valence-corrected chi connectivity index (χ0v) is 10.8. The number of nitrogens with zero attached hydrogens (tertiary/aromatic N) is 1. The van der Waals surface area contributed by atoms with Crippen molar-refractivity contribution in [3.63, 3.8) is 0 Å². The second-order valence-electron chi connectivity index (χ2n) is 3.91. The Bertz CT molecular complexity index is 291. The Kier molecular flexibility index (Phi) is 6.56. The van der Waals surface area contributed by atoms with Crippen molar-refractivity contribution >= 4 is 11.3 Å². The maximum Gasteiger partial charge on any atom is 0.107 e. The molecule has 1 unspecified atom stereocenters. The van der Waals surface area contributed by atoms with E-state index in [2.05, 4.69) is 15.7 Å². The summed E-state index contributed by atoms with van der Waals surface area (Å²) in [6, 6.07) is 0.205. The van der Waals surface area contributed by atoms with E-state index in [-0.39, 0.29) is 6.04 Å². The normalized spacial score (nSPS) is 12.9. The fourth-order valence-electron chi connectivity index (χ4n) is 1.44. The topological polar surface area (TPSA) is 60.2 Å². The van der Waals surface area contributed by atoms with Crippen LogP contribution in [0.5, 0.6) is 0 Å². The van der Waals surface area contributed by atoms with Crippen LogP contribution in [0.15, 0.2) is 5.38 Å². The number of hydrogen-bond donors (Lipinski definition) is 2. The molecular weight excluding hydrogens is 222 g/mol. The molecule has 1 aromatic heterocycles. The second-order valence-corrected chi connectivity index (χ2v) is 4.85. The van der Waals surface area contributed by atoms with Gasteiger partial charge in [-0.3, -0.25) is 0 Å². The number of methoxy groups -OCH3 is 1. The molecule has 0 fully saturated rings. The molecule has 0 radical (unpaired) electrons. The van der Waals surface area contributed by atoms with Crippen LogP contribution in [0.2, 0.25) is 0 Å². The minimum Gasteiger partial charge on any atom is -0.385 e. The Balaban J connectivity index is 2.06. The minimum absolute atomic E-state index is 0.205. The van der Waals surface area contributed by atoms with Gasteiger partial charge in [0, 0.05) is 43.9 Å². The van der Waals surface area contributed by atoms with E-state index in [9.17, 15) is 0 Å². The third kappa shape index (κ3) is 5.55. The number of ether oxygens (including phenoxy) is 1. The standard InChI is InChI=1S/C11H21N3OS/c1-9-8-16-11(14-9)7-13-6-10(12)4-3-5-15-2/h8,10,13H,3-7,12H2,1-2H3. The average Bonchev–Trinajstić information content (AvgIpc) is 2.65. The van der Waals surface area contributed by atoms with Crippen LogP contribution in [0.4, 0.5) is 0 Å². The van der Waals surface area contributed by atoms with Crippen LogP contribution in [0.1, 0.15) is 23.5 Å². The summed E-state index contributed by atoms with van der Waals surface area (Å²) < 4.78 is 4.98. The highest BCUT2D eigenvalue weighted by Crippen LogP contribution is 2.07. The first-order chi connectivity index (χ1) is 7.72. The van der Waals surface area contributed by atoms with Crippen LogP contribution in [-0.4, -0.2) is 31.3 Å². The Morgan fingerprint density at radius 3 is 3.06 bits per heavy atom. The lowest BCUT2D eigenvalue weighted by Crippen LogP contribution is -2.33. The largest absolute Gasteiger partial charge is 0.385 e. The summed E-state index contributed by atoms with van der Waals surface area (Å²) >= 11 is 1.69. The summed E-state index contributed by atoms with van der Waals surface area (Å²) in [6.07, 6.45) is 2.02. The highest BCUT2D eigenvalue weighted by Gasteiger charge is 2.03. The molecule has 0 amide bonds. The van der Waals surface area contributed by atoms with E-state index in [4.69, 9.17) is 10.5 Å². The van der Waals surface area contributed by atoms with Gasteiger partial charge in [0.25, 0.3) is 0 Å². The molecule has 16 heavy (non-hydrogen) atoms. The van der Waals surface area contributed by atoms with E-state index in [0.29, 0.717) is 0 Å². The summed E-state index contributed by atoms with van der Waals surface area (Å²) in [5.74, 6) is 0. The predicted octanol–water partition coefficient (Wildman–Crippen LogP) is 1.30. The first-order valence-corrected chi connectivity index (χ1v) is 6.46. The van der Waals surface area contributed by atoms with Crippen molar-refractivity contribution in [3.8, 4) is 0 Å². The summed E-state index contributed by atoms with van der Waals surface area (Å²) in [7, 11) is 1.72. The Labute approximate surface area is 101 Å². The lowest BCUT2D eigenvalue weighted by atomic mass is 10.2. The van der Waals surface area contributed by atoms with Gasteiger partial charge in [-0.05, 0) is 19.8 Å². The number of aryl methyl sites for hydroxylation is 1. The van der Waals surface area contributed by atoms with E-state index in [1.54, 1.807) is 18.4 Å². The highest BCUT2D eigenvalue weighted by molar-refractivity contribution is 7.09. The number of aromatic nitrogens is 1. The van der Waals surface area contributed by atoms with Crippen LogP contribution in [0.3, 0.4) is 0 Å². The summed E-state index contributed by atoms with van der Waals surface area (Å²) in [6.45, 7) is 4.45. The van der Waals surface area contributed by atoms with Crippen molar-refractivity contribution < 1.29 is 4.74 Å². The first kappa shape index (κ1) is 13.6. The average molecular weight is 243 g/mol. The van der Waals surface area contributed by atoms with Crippen molar-refractivity contribution in [2.75, 3.05) is 20.3 Å². The number of thiazole rings is 1. The molecule has 0 bridgehead atoms. The molecule has 0 aliphatic heterocycles. The van der Waals surface area contributed by atoms with E-state index in [1.807, 2.05) is 6.92 Å². The van der Waals surface area contributed by atoms with E-state index in [0.717, 1.165) is 43.2 Å². The maximum atomic E-state index is 5.95. The van der Waals surface area contributed by atoms with Crippen LogP contribution >= 0.6 is 11.3 Å². The van der Waals surface area contributed by atoms with Gasteiger partial charge in [0.05, 0.1) is 0 Å². The molecular formula is C11H21N3OS. The van der Waals surface area contributed by atoms with Gasteiger partial charge in [-0.25, -0.2) is 4.98 Å². The lowest BCUT2D eigenvalue weighted by Gasteiger charge is -2.11. The van der Waals surface area contributed by atoms with E-state index in [1.165, 1.54) is 0 Å². The van der Waals surface area contributed by atoms with Crippen LogP contribution in [-0.2, 0) is 11.3 Å². The molecule has 0 saturated heterocycles. The maximum absolute atomic E-state index is 5.95. The molecule has 0 aliphatic rings. The third-order valence-electron chi connectivity index (χ3n) is 2.27. The molecule has 92 valence electrons. The first-order valence-electron chi connectivity index (χ1n) is 5.58. The fraction of sp³-hybridized carbons (Fsp3) is 0.727. The van der Waals surface area contributed by atoms with Crippen LogP contribution < -0.4 is 11.1 Å². The van der Waals surface area contributed by atoms with E-state index < -0.39 is 0 Å². The van der Waals surface area contributed by atoms with Gasteiger partial charge in [-0.15, -0.1) is 11.3 Å². The van der Waals surface area contributed by atoms with Gasteiger partial charge in [0.15, 0.2) is 0 Å². The predicted molar refractivity (Wildman–Crippen MR) is 67.6 cm³/mol. The van der Waals surface area contributed by atoms with Crippen LogP contribution in [0.25, 0.3) is 0 Å². The Morgan fingerprint density at radius 1 is 1.62 bits per heavy atom.